The van der Waals surface area contributed by atoms with E-state index in [0.717, 1.165) is 11.1 Å². The van der Waals surface area contributed by atoms with Crippen LogP contribution in [0.3, 0.4) is 0 Å². The lowest BCUT2D eigenvalue weighted by Gasteiger charge is -2.09. The number of ketones is 2. The standard InChI is InChI=1S/C14H14O2/c1-10-7-13(15)8-12(10)9-14(16)11-5-3-2-4-6-11/h2-7,12H,8-9H2,1H3/t12-/m0/s1. The number of allylic oxidation sites excluding steroid dienone is 2. The highest BCUT2D eigenvalue weighted by Gasteiger charge is 2.24. The molecule has 0 unspecified atom stereocenters. The zero-order chi connectivity index (χ0) is 11.5. The number of rotatable bonds is 3. The Bertz CT molecular complexity index is 443. The fourth-order valence-electron chi connectivity index (χ4n) is 2.03. The van der Waals surface area contributed by atoms with E-state index in [4.69, 9.17) is 0 Å². The summed E-state index contributed by atoms with van der Waals surface area (Å²) in [6, 6.07) is 9.24. The third-order valence-corrected chi connectivity index (χ3v) is 3.01. The van der Waals surface area contributed by atoms with Gasteiger partial charge in [0.1, 0.15) is 0 Å². The summed E-state index contributed by atoms with van der Waals surface area (Å²) in [7, 11) is 0. The molecule has 82 valence electrons. The Morgan fingerprint density at radius 1 is 1.31 bits per heavy atom. The van der Waals surface area contributed by atoms with Crippen LogP contribution in [0.2, 0.25) is 0 Å². The fraction of sp³-hybridized carbons (Fsp3) is 0.286. The van der Waals surface area contributed by atoms with Gasteiger partial charge in [0, 0.05) is 18.4 Å². The highest BCUT2D eigenvalue weighted by molar-refractivity contribution is 5.98. The second-order valence-electron chi connectivity index (χ2n) is 4.25. The van der Waals surface area contributed by atoms with Crippen LogP contribution in [0.5, 0.6) is 0 Å². The quantitative estimate of drug-likeness (QED) is 0.725. The van der Waals surface area contributed by atoms with Crippen LogP contribution in [-0.2, 0) is 4.79 Å². The van der Waals surface area contributed by atoms with Gasteiger partial charge in [0.2, 0.25) is 0 Å². The summed E-state index contributed by atoms with van der Waals surface area (Å²) >= 11 is 0. The molecular weight excluding hydrogens is 200 g/mol. The Morgan fingerprint density at radius 3 is 2.56 bits per heavy atom. The van der Waals surface area contributed by atoms with Crippen molar-refractivity contribution >= 4 is 11.6 Å². The second kappa shape index (κ2) is 4.44. The molecule has 2 nitrogen and oxygen atoms in total. The summed E-state index contributed by atoms with van der Waals surface area (Å²) in [5.41, 5.74) is 1.77. The van der Waals surface area contributed by atoms with Crippen molar-refractivity contribution in [3.05, 3.63) is 47.5 Å². The van der Waals surface area contributed by atoms with Gasteiger partial charge in [0.15, 0.2) is 11.6 Å². The van der Waals surface area contributed by atoms with Gasteiger partial charge in [-0.25, -0.2) is 0 Å². The molecule has 0 aromatic heterocycles. The van der Waals surface area contributed by atoms with Crippen molar-refractivity contribution < 1.29 is 9.59 Å². The van der Waals surface area contributed by atoms with E-state index in [0.29, 0.717) is 12.8 Å². The minimum Gasteiger partial charge on any atom is -0.295 e. The molecule has 0 heterocycles. The van der Waals surface area contributed by atoms with Crippen molar-refractivity contribution in [1.82, 2.24) is 0 Å². The van der Waals surface area contributed by atoms with Gasteiger partial charge in [-0.2, -0.15) is 0 Å². The summed E-state index contributed by atoms with van der Waals surface area (Å²) in [6.45, 7) is 1.92. The summed E-state index contributed by atoms with van der Waals surface area (Å²) < 4.78 is 0. The van der Waals surface area contributed by atoms with Crippen LogP contribution in [0.25, 0.3) is 0 Å². The summed E-state index contributed by atoms with van der Waals surface area (Å²) in [5, 5.41) is 0. The van der Waals surface area contributed by atoms with Crippen LogP contribution in [-0.4, -0.2) is 11.6 Å². The Balaban J connectivity index is 2.04. The molecule has 0 bridgehead atoms. The molecule has 0 fully saturated rings. The maximum Gasteiger partial charge on any atom is 0.163 e. The van der Waals surface area contributed by atoms with E-state index in [1.807, 2.05) is 37.3 Å². The largest absolute Gasteiger partial charge is 0.295 e. The third kappa shape index (κ3) is 2.27. The zero-order valence-corrected chi connectivity index (χ0v) is 9.27. The molecular formula is C14H14O2. The van der Waals surface area contributed by atoms with Crippen molar-refractivity contribution in [3.8, 4) is 0 Å². The molecule has 1 atom stereocenters. The van der Waals surface area contributed by atoms with E-state index in [1.165, 1.54) is 0 Å². The van der Waals surface area contributed by atoms with Gasteiger partial charge in [0.25, 0.3) is 0 Å². The molecule has 0 saturated heterocycles. The number of carbonyl (C=O) groups excluding carboxylic acids is 2. The number of carbonyl (C=O) groups is 2. The van der Waals surface area contributed by atoms with Crippen molar-refractivity contribution in [3.63, 3.8) is 0 Å². The molecule has 0 N–H and O–H groups in total. The first-order valence-electron chi connectivity index (χ1n) is 5.46. The first-order chi connectivity index (χ1) is 7.66. The second-order valence-corrected chi connectivity index (χ2v) is 4.25. The average molecular weight is 214 g/mol. The molecule has 2 rings (SSSR count). The molecule has 1 aromatic carbocycles. The molecule has 16 heavy (non-hydrogen) atoms. The minimum atomic E-state index is 0.111. The van der Waals surface area contributed by atoms with Crippen molar-refractivity contribution in [2.45, 2.75) is 19.8 Å². The Kier molecular flexibility index (Phi) is 3.00. The smallest absolute Gasteiger partial charge is 0.163 e. The summed E-state index contributed by atoms with van der Waals surface area (Å²) in [4.78, 5) is 23.1. The lowest BCUT2D eigenvalue weighted by atomic mass is 9.93. The average Bonchev–Trinajstić information content (AvgIpc) is 2.59. The van der Waals surface area contributed by atoms with Crippen LogP contribution in [0.1, 0.15) is 30.1 Å². The summed E-state index contributed by atoms with van der Waals surface area (Å²) in [5.74, 6) is 0.372. The van der Waals surface area contributed by atoms with Gasteiger partial charge in [-0.3, -0.25) is 9.59 Å². The fourth-order valence-corrected chi connectivity index (χ4v) is 2.03. The molecule has 2 heteroatoms. The van der Waals surface area contributed by atoms with E-state index in [9.17, 15) is 9.59 Å². The minimum absolute atomic E-state index is 0.111. The van der Waals surface area contributed by atoms with E-state index in [-0.39, 0.29) is 17.5 Å². The van der Waals surface area contributed by atoms with Crippen molar-refractivity contribution in [2.75, 3.05) is 0 Å². The predicted octanol–water partition coefficient (Wildman–Crippen LogP) is 2.79. The SMILES string of the molecule is CC1=CC(=O)C[C@H]1CC(=O)c1ccccc1. The topological polar surface area (TPSA) is 34.1 Å². The first-order valence-corrected chi connectivity index (χ1v) is 5.46. The lowest BCUT2D eigenvalue weighted by molar-refractivity contribution is -0.114. The Hall–Kier alpha value is -1.70. The van der Waals surface area contributed by atoms with Gasteiger partial charge in [-0.15, -0.1) is 0 Å². The van der Waals surface area contributed by atoms with E-state index >= 15 is 0 Å². The molecule has 1 aliphatic carbocycles. The predicted molar refractivity (Wildman–Crippen MR) is 62.3 cm³/mol. The van der Waals surface area contributed by atoms with Gasteiger partial charge < -0.3 is 0 Å². The number of Topliss-reactive ketones (excluding diaryl/α,β-unsaturated/α-hetero) is 1. The first kappa shape index (κ1) is 10.8. The highest BCUT2D eigenvalue weighted by Crippen LogP contribution is 2.27. The van der Waals surface area contributed by atoms with E-state index < -0.39 is 0 Å². The number of hydrogen-bond donors (Lipinski definition) is 0. The number of benzene rings is 1. The molecule has 0 radical (unpaired) electrons. The van der Waals surface area contributed by atoms with Gasteiger partial charge >= 0.3 is 0 Å². The number of hydrogen-bond acceptors (Lipinski definition) is 2. The van der Waals surface area contributed by atoms with Crippen LogP contribution < -0.4 is 0 Å². The zero-order valence-electron chi connectivity index (χ0n) is 9.27. The molecule has 1 aromatic rings. The van der Waals surface area contributed by atoms with Crippen LogP contribution in [0.15, 0.2) is 42.0 Å². The van der Waals surface area contributed by atoms with Crippen molar-refractivity contribution in [1.29, 1.82) is 0 Å². The third-order valence-electron chi connectivity index (χ3n) is 3.01. The van der Waals surface area contributed by atoms with Gasteiger partial charge in [-0.1, -0.05) is 35.9 Å². The van der Waals surface area contributed by atoms with E-state index in [2.05, 4.69) is 0 Å². The maximum absolute atomic E-state index is 11.9. The van der Waals surface area contributed by atoms with E-state index in [1.54, 1.807) is 6.08 Å². The van der Waals surface area contributed by atoms with Gasteiger partial charge in [0.05, 0.1) is 0 Å². The molecule has 0 aliphatic heterocycles. The molecule has 1 aliphatic rings. The van der Waals surface area contributed by atoms with Gasteiger partial charge in [-0.05, 0) is 18.9 Å². The van der Waals surface area contributed by atoms with Crippen molar-refractivity contribution in [2.24, 2.45) is 5.92 Å². The summed E-state index contributed by atoms with van der Waals surface area (Å²) in [6.07, 6.45) is 2.59. The van der Waals surface area contributed by atoms with Crippen LogP contribution in [0, 0.1) is 5.92 Å². The molecule has 0 amide bonds. The normalized spacial score (nSPS) is 19.7. The molecule has 0 spiro atoms. The monoisotopic (exact) mass is 214 g/mol. The van der Waals surface area contributed by atoms with Crippen LogP contribution >= 0.6 is 0 Å². The Morgan fingerprint density at radius 2 is 2.00 bits per heavy atom. The lowest BCUT2D eigenvalue weighted by Crippen LogP contribution is -2.08. The Labute approximate surface area is 95.0 Å². The highest BCUT2D eigenvalue weighted by atomic mass is 16.1. The maximum atomic E-state index is 11.9. The van der Waals surface area contributed by atoms with Crippen LogP contribution in [0.4, 0.5) is 0 Å². The molecule has 0 saturated carbocycles.